The summed E-state index contributed by atoms with van der Waals surface area (Å²) in [5, 5.41) is 0. The van der Waals surface area contributed by atoms with Gasteiger partial charge in [-0.25, -0.2) is 0 Å². The van der Waals surface area contributed by atoms with Crippen LogP contribution in [0.1, 0.15) is 37.7 Å². The molecule has 1 aromatic carbocycles. The Bertz CT molecular complexity index is 320. The molecule has 2 heteroatoms. The first kappa shape index (κ1) is 12.1. The van der Waals surface area contributed by atoms with Crippen molar-refractivity contribution in [1.82, 2.24) is 0 Å². The van der Waals surface area contributed by atoms with Crippen LogP contribution in [0.25, 0.3) is 0 Å². The largest absolute Gasteiger partial charge is 0.328 e. The van der Waals surface area contributed by atoms with Gasteiger partial charge >= 0.3 is 0 Å². The minimum atomic E-state index is 0.433. The predicted octanol–water partition coefficient (Wildman–Crippen LogP) is 3.90. The third-order valence-corrected chi connectivity index (χ3v) is 4.04. The fourth-order valence-electron chi connectivity index (χ4n) is 2.64. The molecule has 88 valence electrons. The van der Waals surface area contributed by atoms with Gasteiger partial charge in [-0.3, -0.25) is 0 Å². The average Bonchev–Trinajstić information content (AvgIpc) is 2.46. The van der Waals surface area contributed by atoms with Crippen molar-refractivity contribution in [3.8, 4) is 0 Å². The molecule has 2 N–H and O–H groups in total. The third-order valence-electron chi connectivity index (χ3n) is 3.51. The molecule has 1 aliphatic carbocycles. The highest BCUT2D eigenvalue weighted by atomic mass is 79.9. The highest BCUT2D eigenvalue weighted by molar-refractivity contribution is 9.10. The van der Waals surface area contributed by atoms with Crippen LogP contribution in [0.3, 0.4) is 0 Å². The van der Waals surface area contributed by atoms with Gasteiger partial charge in [0, 0.05) is 10.5 Å². The lowest BCUT2D eigenvalue weighted by Crippen LogP contribution is -2.22. The van der Waals surface area contributed by atoms with E-state index in [2.05, 4.69) is 40.2 Å². The van der Waals surface area contributed by atoms with Gasteiger partial charge in [-0.15, -0.1) is 0 Å². The highest BCUT2D eigenvalue weighted by Crippen LogP contribution is 2.26. The summed E-state index contributed by atoms with van der Waals surface area (Å²) in [6, 6.07) is 9.14. The molecule has 2 rings (SSSR count). The number of hydrogen-bond acceptors (Lipinski definition) is 1. The summed E-state index contributed by atoms with van der Waals surface area (Å²) >= 11 is 3.47. The van der Waals surface area contributed by atoms with Gasteiger partial charge in [-0.2, -0.15) is 0 Å². The van der Waals surface area contributed by atoms with Crippen LogP contribution in [0, 0.1) is 5.92 Å². The lowest BCUT2D eigenvalue weighted by molar-refractivity contribution is 0.431. The van der Waals surface area contributed by atoms with Crippen LogP contribution in [-0.2, 0) is 6.42 Å². The molecule has 1 nitrogen and oxygen atoms in total. The van der Waals surface area contributed by atoms with Gasteiger partial charge in [0.15, 0.2) is 0 Å². The number of nitrogens with two attached hydrogens (primary N) is 1. The number of rotatable bonds is 2. The van der Waals surface area contributed by atoms with Crippen molar-refractivity contribution in [2.75, 3.05) is 0 Å². The maximum atomic E-state index is 6.10. The molecule has 1 aromatic rings. The summed E-state index contributed by atoms with van der Waals surface area (Å²) in [5.74, 6) is 0.790. The predicted molar refractivity (Wildman–Crippen MR) is 72.4 cm³/mol. The monoisotopic (exact) mass is 281 g/mol. The van der Waals surface area contributed by atoms with Gasteiger partial charge in [0.05, 0.1) is 0 Å². The smallest absolute Gasteiger partial charge is 0.0175 e. The van der Waals surface area contributed by atoms with Crippen LogP contribution in [0.4, 0.5) is 0 Å². The summed E-state index contributed by atoms with van der Waals surface area (Å²) in [7, 11) is 0. The van der Waals surface area contributed by atoms with Gasteiger partial charge < -0.3 is 5.73 Å². The average molecular weight is 282 g/mol. The van der Waals surface area contributed by atoms with Crippen LogP contribution >= 0.6 is 15.9 Å². The Kier molecular flexibility index (Phi) is 4.42. The van der Waals surface area contributed by atoms with Crippen molar-refractivity contribution >= 4 is 15.9 Å². The van der Waals surface area contributed by atoms with Crippen molar-refractivity contribution in [1.29, 1.82) is 0 Å². The Labute approximate surface area is 107 Å². The molecule has 0 radical (unpaired) electrons. The molecule has 0 heterocycles. The maximum absolute atomic E-state index is 6.10. The third kappa shape index (κ3) is 3.60. The fourth-order valence-corrected chi connectivity index (χ4v) is 2.91. The van der Waals surface area contributed by atoms with Crippen molar-refractivity contribution in [3.05, 3.63) is 34.3 Å². The van der Waals surface area contributed by atoms with Crippen LogP contribution in [0.2, 0.25) is 0 Å². The first-order valence-corrected chi connectivity index (χ1v) is 7.03. The zero-order chi connectivity index (χ0) is 11.4. The second-order valence-corrected chi connectivity index (χ2v) is 5.89. The quantitative estimate of drug-likeness (QED) is 0.818. The van der Waals surface area contributed by atoms with Gasteiger partial charge in [0.2, 0.25) is 0 Å². The van der Waals surface area contributed by atoms with E-state index < -0.39 is 0 Å². The molecule has 2 atom stereocenters. The van der Waals surface area contributed by atoms with E-state index in [0.29, 0.717) is 6.04 Å². The zero-order valence-electron chi connectivity index (χ0n) is 9.66. The van der Waals surface area contributed by atoms with Crippen LogP contribution < -0.4 is 5.73 Å². The van der Waals surface area contributed by atoms with E-state index in [1.54, 1.807) is 0 Å². The molecule has 2 unspecified atom stereocenters. The van der Waals surface area contributed by atoms with Crippen LogP contribution in [0.5, 0.6) is 0 Å². The van der Waals surface area contributed by atoms with Gasteiger partial charge in [0.1, 0.15) is 0 Å². The molecule has 0 saturated heterocycles. The number of hydrogen-bond donors (Lipinski definition) is 1. The lowest BCUT2D eigenvalue weighted by atomic mass is 9.91. The Balaban J connectivity index is 1.95. The Morgan fingerprint density at radius 1 is 1.12 bits per heavy atom. The molecular weight excluding hydrogens is 262 g/mol. The van der Waals surface area contributed by atoms with Crippen LogP contribution in [-0.4, -0.2) is 6.04 Å². The van der Waals surface area contributed by atoms with E-state index in [1.807, 2.05) is 0 Å². The molecule has 0 amide bonds. The molecule has 0 spiro atoms. The maximum Gasteiger partial charge on any atom is 0.0175 e. The van der Waals surface area contributed by atoms with Crippen molar-refractivity contribution < 1.29 is 0 Å². The minimum absolute atomic E-state index is 0.433. The van der Waals surface area contributed by atoms with Crippen LogP contribution in [0.15, 0.2) is 28.7 Å². The zero-order valence-corrected chi connectivity index (χ0v) is 11.2. The van der Waals surface area contributed by atoms with E-state index in [4.69, 9.17) is 5.73 Å². The van der Waals surface area contributed by atoms with Crippen molar-refractivity contribution in [2.45, 2.75) is 44.6 Å². The summed E-state index contributed by atoms with van der Waals surface area (Å²) in [4.78, 5) is 0. The summed E-state index contributed by atoms with van der Waals surface area (Å²) < 4.78 is 1.16. The molecule has 1 saturated carbocycles. The molecular formula is C14H20BrN. The first-order valence-electron chi connectivity index (χ1n) is 6.24. The molecule has 1 aliphatic rings. The summed E-state index contributed by atoms with van der Waals surface area (Å²) in [5.41, 5.74) is 7.54. The summed E-state index contributed by atoms with van der Waals surface area (Å²) in [6.45, 7) is 0. The van der Waals surface area contributed by atoms with E-state index >= 15 is 0 Å². The SMILES string of the molecule is NC1CCCCC(Cc2ccc(Br)cc2)C1. The summed E-state index contributed by atoms with van der Waals surface area (Å²) in [6.07, 6.45) is 7.64. The van der Waals surface area contributed by atoms with Gasteiger partial charge in [-0.1, -0.05) is 47.3 Å². The van der Waals surface area contributed by atoms with Gasteiger partial charge in [0.25, 0.3) is 0 Å². The molecule has 0 aliphatic heterocycles. The second-order valence-electron chi connectivity index (χ2n) is 4.98. The van der Waals surface area contributed by atoms with Crippen molar-refractivity contribution in [3.63, 3.8) is 0 Å². The second kappa shape index (κ2) is 5.83. The standard InChI is InChI=1S/C14H20BrN/c15-13-7-5-11(6-8-13)9-12-3-1-2-4-14(16)10-12/h5-8,12,14H,1-4,9-10,16H2. The van der Waals surface area contributed by atoms with E-state index in [9.17, 15) is 0 Å². The van der Waals surface area contributed by atoms with E-state index in [1.165, 1.54) is 44.1 Å². The van der Waals surface area contributed by atoms with Crippen molar-refractivity contribution in [2.24, 2.45) is 11.7 Å². The fraction of sp³-hybridized carbons (Fsp3) is 0.571. The molecule has 0 bridgehead atoms. The Morgan fingerprint density at radius 2 is 1.81 bits per heavy atom. The number of halogens is 1. The van der Waals surface area contributed by atoms with E-state index in [0.717, 1.165) is 10.4 Å². The normalized spacial score (nSPS) is 26.4. The topological polar surface area (TPSA) is 26.0 Å². The lowest BCUT2D eigenvalue weighted by Gasteiger charge is -2.17. The number of benzene rings is 1. The molecule has 16 heavy (non-hydrogen) atoms. The Morgan fingerprint density at radius 3 is 2.56 bits per heavy atom. The minimum Gasteiger partial charge on any atom is -0.328 e. The molecule has 1 fully saturated rings. The first-order chi connectivity index (χ1) is 7.74. The van der Waals surface area contributed by atoms with Gasteiger partial charge in [-0.05, 0) is 42.9 Å². The van der Waals surface area contributed by atoms with E-state index in [-0.39, 0.29) is 0 Å². The Hall–Kier alpha value is -0.340. The highest BCUT2D eigenvalue weighted by Gasteiger charge is 2.17. The molecule has 0 aromatic heterocycles.